The van der Waals surface area contributed by atoms with Crippen molar-refractivity contribution in [1.82, 2.24) is 0 Å². The molecule has 0 radical (unpaired) electrons. The van der Waals surface area contributed by atoms with Crippen LogP contribution >= 0.6 is 11.3 Å². The molecule has 0 spiro atoms. The van der Waals surface area contributed by atoms with Crippen LogP contribution in [-0.4, -0.2) is 19.3 Å². The van der Waals surface area contributed by atoms with E-state index in [-0.39, 0.29) is 54.2 Å². The van der Waals surface area contributed by atoms with Crippen molar-refractivity contribution in [3.05, 3.63) is 5.38 Å². The minimum absolute atomic E-state index is 0. The molecule has 10 heteroatoms. The van der Waals surface area contributed by atoms with Crippen molar-refractivity contribution < 1.29 is 62.3 Å². The van der Waals surface area contributed by atoms with Crippen LogP contribution in [0.2, 0.25) is 0 Å². The van der Waals surface area contributed by atoms with Gasteiger partial charge in [0.2, 0.25) is 0 Å². The first-order chi connectivity index (χ1) is 7.04. The van der Waals surface area contributed by atoms with Crippen molar-refractivity contribution in [2.75, 3.05) is 17.7 Å². The summed E-state index contributed by atoms with van der Waals surface area (Å²) in [6, 6.07) is 0. The molecule has 0 aliphatic carbocycles. The molecule has 0 saturated carbocycles. The molecule has 1 heterocycles. The van der Waals surface area contributed by atoms with E-state index in [0.717, 1.165) is 11.3 Å². The van der Waals surface area contributed by atoms with E-state index in [1.807, 2.05) is 10.6 Å². The van der Waals surface area contributed by atoms with Crippen molar-refractivity contribution in [3.8, 4) is 5.06 Å². The fraction of sp³-hybridized carbons (Fsp3) is 0.143. The Labute approximate surface area is 125 Å². The summed E-state index contributed by atoms with van der Waals surface area (Å²) in [5.74, 6) is 0. The van der Waals surface area contributed by atoms with Gasteiger partial charge in [-0.25, -0.2) is 0 Å². The van der Waals surface area contributed by atoms with Crippen molar-refractivity contribution in [2.24, 2.45) is 0 Å². The quantitative estimate of drug-likeness (QED) is 0.513. The summed E-state index contributed by atoms with van der Waals surface area (Å²) in [7, 11) is 1.33. The van der Waals surface area contributed by atoms with E-state index in [2.05, 4.69) is 0 Å². The fourth-order valence-corrected chi connectivity index (χ4v) is 1.69. The second kappa shape index (κ2) is 8.34. The first kappa shape index (κ1) is 18.6. The van der Waals surface area contributed by atoms with Gasteiger partial charge in [-0.05, 0) is 0 Å². The number of amides is 2. The third-order valence-electron chi connectivity index (χ3n) is 1.41. The van der Waals surface area contributed by atoms with Gasteiger partial charge < -0.3 is 35.2 Å². The Morgan fingerprint density at radius 2 is 1.76 bits per heavy atom. The zero-order valence-corrected chi connectivity index (χ0v) is 10.3. The average Bonchev–Trinajstić information content (AvgIpc) is 2.47. The molecule has 1 aromatic heterocycles. The number of anilines is 2. The average molecular weight is 244 g/mol. The molecule has 7 nitrogen and oxygen atoms in total. The fourth-order valence-electron chi connectivity index (χ4n) is 0.913. The molecule has 17 heavy (non-hydrogen) atoms. The molecule has 0 atom stereocenters. The van der Waals surface area contributed by atoms with Crippen molar-refractivity contribution in [1.29, 1.82) is 0 Å². The number of carbonyl (C=O) groups is 2. The van der Waals surface area contributed by atoms with E-state index in [0.29, 0.717) is 0 Å². The minimum Gasteiger partial charge on any atom is -0.530 e. The van der Waals surface area contributed by atoms with Crippen LogP contribution in [0.25, 0.3) is 0 Å². The van der Waals surface area contributed by atoms with Gasteiger partial charge in [0.05, 0.1) is 12.8 Å². The molecule has 1 aromatic rings. The Balaban J connectivity index is 0. The normalized spacial score (nSPS) is 8.29. The van der Waals surface area contributed by atoms with Crippen LogP contribution < -0.4 is 63.3 Å². The zero-order chi connectivity index (χ0) is 11.4. The number of rotatable bonds is 3. The van der Waals surface area contributed by atoms with Crippen molar-refractivity contribution in [2.45, 2.75) is 0 Å². The number of carboxylic acid groups (broad SMARTS) is 2. The standard InChI is InChI=1S/C7H8N2O5S.2Li/c1-14-5-4(9-7(12)13)3(2-15-5)8-6(10)11;;/h2,8-9H,1H3,(H,10,11)(H,12,13);;/q;2*+1/p-2. The summed E-state index contributed by atoms with van der Waals surface area (Å²) < 4.78 is 4.82. The van der Waals surface area contributed by atoms with Gasteiger partial charge in [-0.1, -0.05) is 0 Å². The number of hydrogen-bond acceptors (Lipinski definition) is 6. The van der Waals surface area contributed by atoms with Crippen LogP contribution in [0.15, 0.2) is 5.38 Å². The van der Waals surface area contributed by atoms with Gasteiger partial charge in [-0.3, -0.25) is 0 Å². The predicted octanol–water partition coefficient (Wildman–Crippen LogP) is -6.72. The summed E-state index contributed by atoms with van der Waals surface area (Å²) in [4.78, 5) is 20.6. The number of nitrogens with one attached hydrogen (secondary N) is 2. The van der Waals surface area contributed by atoms with E-state index >= 15 is 0 Å². The van der Waals surface area contributed by atoms with Gasteiger partial charge in [0.1, 0.15) is 17.9 Å². The summed E-state index contributed by atoms with van der Waals surface area (Å²) in [5, 5.41) is 26.0. The Hall–Kier alpha value is -0.765. The van der Waals surface area contributed by atoms with Crippen molar-refractivity contribution in [3.63, 3.8) is 0 Å². The zero-order valence-electron chi connectivity index (χ0n) is 9.53. The maximum absolute atomic E-state index is 10.3. The topological polar surface area (TPSA) is 114 Å². The van der Waals surface area contributed by atoms with E-state index in [4.69, 9.17) is 4.74 Å². The van der Waals surface area contributed by atoms with Crippen LogP contribution in [0, 0.1) is 0 Å². The molecular weight excluding hydrogens is 238 g/mol. The van der Waals surface area contributed by atoms with E-state index in [1.54, 1.807) is 0 Å². The molecule has 2 amide bonds. The smallest absolute Gasteiger partial charge is 0.530 e. The Morgan fingerprint density at radius 1 is 1.24 bits per heavy atom. The summed E-state index contributed by atoms with van der Waals surface area (Å²) in [5.41, 5.74) is 0.0350. The molecule has 82 valence electrons. The third kappa shape index (κ3) is 5.40. The molecule has 0 aliphatic rings. The van der Waals surface area contributed by atoms with Crippen LogP contribution in [0.3, 0.4) is 0 Å². The number of thiophene rings is 1. The van der Waals surface area contributed by atoms with Gasteiger partial charge >= 0.3 is 37.7 Å². The molecule has 0 saturated heterocycles. The second-order valence-electron chi connectivity index (χ2n) is 2.34. The second-order valence-corrected chi connectivity index (χ2v) is 3.18. The van der Waals surface area contributed by atoms with E-state index in [1.165, 1.54) is 12.5 Å². The molecule has 0 aromatic carbocycles. The van der Waals surface area contributed by atoms with Crippen LogP contribution in [0.4, 0.5) is 21.0 Å². The van der Waals surface area contributed by atoms with Gasteiger partial charge in [0, 0.05) is 5.38 Å². The molecule has 0 unspecified atom stereocenters. The maximum atomic E-state index is 10.3. The van der Waals surface area contributed by atoms with Crippen molar-refractivity contribution >= 4 is 34.9 Å². The largest absolute Gasteiger partial charge is 1.00 e. The third-order valence-corrected chi connectivity index (χ3v) is 2.34. The monoisotopic (exact) mass is 244 g/mol. The summed E-state index contributed by atoms with van der Waals surface area (Å²) in [6.07, 6.45) is -3.11. The van der Waals surface area contributed by atoms with Gasteiger partial charge in [0.15, 0.2) is 5.06 Å². The number of carbonyl (C=O) groups excluding carboxylic acids is 2. The number of ether oxygens (including phenoxy) is 1. The molecule has 0 fully saturated rings. The van der Waals surface area contributed by atoms with E-state index in [9.17, 15) is 19.8 Å². The Kier molecular flexibility index (Phi) is 9.13. The predicted molar refractivity (Wildman–Crippen MR) is 48.9 cm³/mol. The summed E-state index contributed by atoms with van der Waals surface area (Å²) >= 11 is 1.03. The van der Waals surface area contributed by atoms with Gasteiger partial charge in [-0.15, -0.1) is 11.3 Å². The maximum Gasteiger partial charge on any atom is 1.00 e. The molecule has 0 aliphatic heterocycles. The first-order valence-electron chi connectivity index (χ1n) is 3.66. The Bertz CT molecular complexity index is 398. The number of hydrogen-bond donors (Lipinski definition) is 2. The van der Waals surface area contributed by atoms with Gasteiger partial charge in [-0.2, -0.15) is 0 Å². The molecule has 1 rings (SSSR count). The first-order valence-corrected chi connectivity index (χ1v) is 4.54. The van der Waals surface area contributed by atoms with Gasteiger partial charge in [0.25, 0.3) is 0 Å². The summed E-state index contributed by atoms with van der Waals surface area (Å²) in [6.45, 7) is 0. The van der Waals surface area contributed by atoms with Crippen LogP contribution in [0.5, 0.6) is 5.06 Å². The Morgan fingerprint density at radius 3 is 2.18 bits per heavy atom. The minimum atomic E-state index is -1.56. The molecule has 0 bridgehead atoms. The number of methoxy groups -OCH3 is 1. The van der Waals surface area contributed by atoms with Crippen LogP contribution in [-0.2, 0) is 0 Å². The molecule has 2 N–H and O–H groups in total. The molecular formula is C7H6Li2N2O5S. The van der Waals surface area contributed by atoms with Crippen LogP contribution in [0.1, 0.15) is 0 Å². The SMILES string of the molecule is COc1scc(NC(=O)[O-])c1NC(=O)[O-].[Li+].[Li+]. The van der Waals surface area contributed by atoms with E-state index < -0.39 is 12.2 Å².